The molecule has 5 aromatic rings. The summed E-state index contributed by atoms with van der Waals surface area (Å²) in [5, 5.41) is 11.9. The summed E-state index contributed by atoms with van der Waals surface area (Å²) in [5.74, 6) is 1.02. The number of aliphatic hydroxyl groups excluding tert-OH is 1. The Morgan fingerprint density at radius 2 is 1.55 bits per heavy atom. The second-order valence-corrected chi connectivity index (χ2v) is 12.5. The third-order valence-electron chi connectivity index (χ3n) is 8.53. The number of aliphatic hydroxyl groups is 1. The minimum Gasteiger partial charge on any atom is -0.512 e. The zero-order valence-corrected chi connectivity index (χ0v) is 32.7. The van der Waals surface area contributed by atoms with Crippen LogP contribution in [0, 0.1) is 37.8 Å². The molecule has 3 aromatic carbocycles. The van der Waals surface area contributed by atoms with Gasteiger partial charge in [0.1, 0.15) is 0 Å². The van der Waals surface area contributed by atoms with E-state index in [0.29, 0.717) is 12.1 Å². The predicted octanol–water partition coefficient (Wildman–Crippen LogP) is 11.9. The molecule has 261 valence electrons. The monoisotopic (exact) mass is 834 g/mol. The first-order valence-electron chi connectivity index (χ1n) is 17.8. The van der Waals surface area contributed by atoms with Gasteiger partial charge in [0.15, 0.2) is 5.78 Å². The van der Waals surface area contributed by atoms with Gasteiger partial charge >= 0.3 is 0 Å². The van der Waals surface area contributed by atoms with Gasteiger partial charge in [-0.15, -0.1) is 70.8 Å². The fourth-order valence-electron chi connectivity index (χ4n) is 5.58. The Bertz CT molecular complexity index is 1740. The Kier molecular flexibility index (Phi) is 17.1. The van der Waals surface area contributed by atoms with Crippen molar-refractivity contribution in [2.45, 2.75) is 87.0 Å². The van der Waals surface area contributed by atoms with Crippen molar-refractivity contribution in [1.29, 1.82) is 0 Å². The number of hydrogen-bond acceptors (Lipinski definition) is 4. The predicted molar refractivity (Wildman–Crippen MR) is 202 cm³/mol. The number of hydrogen-bond donors (Lipinski definition) is 1. The van der Waals surface area contributed by atoms with Crippen molar-refractivity contribution >= 4 is 16.6 Å². The Morgan fingerprint density at radius 1 is 0.857 bits per heavy atom. The number of allylic oxidation sites excluding steroid dienone is 2. The molecule has 0 aliphatic rings. The molecule has 0 fully saturated rings. The zero-order valence-electron chi connectivity index (χ0n) is 31.3. The molecule has 4 nitrogen and oxygen atoms in total. The summed E-state index contributed by atoms with van der Waals surface area (Å²) in [6.45, 7) is 16.6. The molecular weight excluding hydrogens is 781 g/mol. The van der Waals surface area contributed by atoms with Crippen molar-refractivity contribution in [2.24, 2.45) is 11.8 Å². The first-order valence-corrected chi connectivity index (χ1v) is 17.3. The number of carbonyl (C=O) groups is 1. The molecule has 49 heavy (non-hydrogen) atoms. The van der Waals surface area contributed by atoms with Crippen LogP contribution in [0.3, 0.4) is 0 Å². The van der Waals surface area contributed by atoms with E-state index in [0.717, 1.165) is 64.5 Å². The van der Waals surface area contributed by atoms with Crippen molar-refractivity contribution in [3.63, 3.8) is 0 Å². The summed E-state index contributed by atoms with van der Waals surface area (Å²) >= 11 is 0. The summed E-state index contributed by atoms with van der Waals surface area (Å²) in [6, 6.07) is 32.7. The van der Waals surface area contributed by atoms with Crippen LogP contribution in [0.15, 0.2) is 103 Å². The van der Waals surface area contributed by atoms with Crippen molar-refractivity contribution in [3.05, 3.63) is 132 Å². The second-order valence-electron chi connectivity index (χ2n) is 12.5. The minimum absolute atomic E-state index is 0. The van der Waals surface area contributed by atoms with E-state index in [4.69, 9.17) is 1.37 Å². The summed E-state index contributed by atoms with van der Waals surface area (Å²) in [6.07, 6.45) is 7.00. The quantitative estimate of drug-likeness (QED) is 0.0865. The third kappa shape index (κ3) is 12.5. The number of carbonyl (C=O) groups excluding carboxylic acids is 1. The van der Waals surface area contributed by atoms with E-state index in [1.165, 1.54) is 17.2 Å². The van der Waals surface area contributed by atoms with Crippen LogP contribution in [0.5, 0.6) is 0 Å². The van der Waals surface area contributed by atoms with E-state index in [1.807, 2.05) is 83.1 Å². The largest absolute Gasteiger partial charge is 0.512 e. The van der Waals surface area contributed by atoms with Crippen LogP contribution in [-0.4, -0.2) is 20.9 Å². The van der Waals surface area contributed by atoms with Crippen LogP contribution in [0.4, 0.5) is 0 Å². The first kappa shape index (κ1) is 39.5. The molecular formula is C44H52IrN2O2-2. The normalized spacial score (nSPS) is 11.3. The average Bonchev–Trinajstić information content (AvgIpc) is 3.09. The van der Waals surface area contributed by atoms with E-state index >= 15 is 0 Å². The molecule has 0 spiro atoms. The number of aromatic nitrogens is 2. The summed E-state index contributed by atoms with van der Waals surface area (Å²) in [5.41, 5.74) is 7.40. The molecule has 1 N–H and O–H groups in total. The topological polar surface area (TPSA) is 63.1 Å². The molecule has 5 rings (SSSR count). The summed E-state index contributed by atoms with van der Waals surface area (Å²) in [4.78, 5) is 20.4. The van der Waals surface area contributed by atoms with Crippen LogP contribution in [0.1, 0.15) is 91.2 Å². The fourth-order valence-corrected chi connectivity index (χ4v) is 5.58. The number of aryl methyl sites for hydroxylation is 2. The maximum absolute atomic E-state index is 11.7. The molecule has 5 heteroatoms. The van der Waals surface area contributed by atoms with Gasteiger partial charge in [-0.3, -0.25) is 4.79 Å². The minimum atomic E-state index is 0. The van der Waals surface area contributed by atoms with Gasteiger partial charge in [-0.1, -0.05) is 85.7 Å². The van der Waals surface area contributed by atoms with Crippen molar-refractivity contribution in [3.8, 4) is 22.5 Å². The van der Waals surface area contributed by atoms with Crippen LogP contribution in [0.25, 0.3) is 33.3 Å². The van der Waals surface area contributed by atoms with Gasteiger partial charge in [0.25, 0.3) is 0 Å². The molecule has 1 radical (unpaired) electrons. The number of nitrogens with zero attached hydrogens (tertiary/aromatic N) is 2. The number of rotatable bonds is 10. The molecule has 0 saturated carbocycles. The first-order chi connectivity index (χ1) is 23.5. The summed E-state index contributed by atoms with van der Waals surface area (Å²) in [7, 11) is 0. The van der Waals surface area contributed by atoms with Gasteiger partial charge in [0.2, 0.25) is 0 Å². The van der Waals surface area contributed by atoms with Gasteiger partial charge in [-0.05, 0) is 71.5 Å². The molecule has 0 unspecified atom stereocenters. The van der Waals surface area contributed by atoms with Gasteiger partial charge in [0.05, 0.1) is 7.13 Å². The van der Waals surface area contributed by atoms with E-state index in [2.05, 4.69) is 73.2 Å². The number of ketones is 1. The number of benzene rings is 3. The van der Waals surface area contributed by atoms with Gasteiger partial charge < -0.3 is 15.1 Å². The van der Waals surface area contributed by atoms with Crippen molar-refractivity contribution in [1.82, 2.24) is 9.97 Å². The molecule has 2 aromatic heterocycles. The maximum atomic E-state index is 11.7. The van der Waals surface area contributed by atoms with Crippen LogP contribution in [-0.2, 0) is 24.9 Å². The molecule has 2 heterocycles. The van der Waals surface area contributed by atoms with Crippen LogP contribution >= 0.6 is 0 Å². The van der Waals surface area contributed by atoms with Gasteiger partial charge in [0, 0.05) is 50.4 Å². The molecule has 0 aliphatic carbocycles. The Labute approximate surface area is 309 Å². The van der Waals surface area contributed by atoms with E-state index in [9.17, 15) is 9.90 Å². The number of fused-ring (bicyclic) bond motifs is 1. The molecule has 0 amide bonds. The van der Waals surface area contributed by atoms with Crippen molar-refractivity contribution < 1.29 is 31.4 Å². The molecule has 0 atom stereocenters. The average molecular weight is 834 g/mol. The van der Waals surface area contributed by atoms with E-state index < -0.39 is 0 Å². The van der Waals surface area contributed by atoms with Crippen LogP contribution < -0.4 is 0 Å². The van der Waals surface area contributed by atoms with Crippen molar-refractivity contribution in [2.75, 3.05) is 0 Å². The Hall–Kier alpha value is -3.92. The summed E-state index contributed by atoms with van der Waals surface area (Å²) < 4.78 is 8.03. The van der Waals surface area contributed by atoms with E-state index in [1.54, 1.807) is 6.20 Å². The Morgan fingerprint density at radius 3 is 2.12 bits per heavy atom. The van der Waals surface area contributed by atoms with Gasteiger partial charge in [-0.2, -0.15) is 0 Å². The zero-order chi connectivity index (χ0) is 35.9. The third-order valence-corrected chi connectivity index (χ3v) is 8.53. The number of pyridine rings is 2. The smallest absolute Gasteiger partial charge is 0.162 e. The second kappa shape index (κ2) is 21.2. The molecule has 0 bridgehead atoms. The standard InChI is InChI=1S/C20H20N.C13H24O2.C11H8N.Ir/c1-13(2)16-5-6-19-17(12-16)7-8-21-20(19)18-10-14(3)9-15(4)11-18;1-5-10(6-2)12(14)9-13(15)11(7-3)8-4;1-2-6-10(7-3-1)11-8-4-5-9-12-11;/h5-10,12-13H,1-4H3;9-11,14H,5-8H2,1-4H3;1-6,8-9H;/q-1;;-1;/b;12-9-;;/i8D;;;. The maximum Gasteiger partial charge on any atom is 0.162 e. The fraction of sp³-hybridized carbons (Fsp3) is 0.341. The Balaban J connectivity index is 0.000000272. The van der Waals surface area contributed by atoms with E-state index in [-0.39, 0.29) is 43.5 Å². The van der Waals surface area contributed by atoms with Gasteiger partial charge in [-0.25, -0.2) is 0 Å². The molecule has 0 saturated heterocycles. The SMILES string of the molecule is CCC(CC)C(=O)/C=C(\O)C(CC)CC.[2H]c1cc2cc(C(C)C)ccc2c(-c2[c-]c(C)cc(C)c2)n1.[Ir].[c-]1ccccc1-c1ccccn1. The van der Waals surface area contributed by atoms with Crippen LogP contribution in [0.2, 0.25) is 0 Å². The molecule has 0 aliphatic heterocycles.